The molecule has 0 aliphatic carbocycles. The zero-order valence-electron chi connectivity index (χ0n) is 10.7. The molecular weight excluding hydrogens is 218 g/mol. The average molecular weight is 237 g/mol. The van der Waals surface area contributed by atoms with Crippen molar-refractivity contribution < 1.29 is 14.3 Å². The van der Waals surface area contributed by atoms with Crippen molar-refractivity contribution in [2.45, 2.75) is 33.0 Å². The van der Waals surface area contributed by atoms with Crippen molar-refractivity contribution in [1.82, 2.24) is 0 Å². The Labute approximate surface area is 102 Å². The van der Waals surface area contributed by atoms with Gasteiger partial charge in [0, 0.05) is 18.4 Å². The maximum absolute atomic E-state index is 11.6. The van der Waals surface area contributed by atoms with E-state index in [0.717, 1.165) is 5.56 Å². The number of carbonyl (C=O) groups excluding carboxylic acids is 1. The predicted molar refractivity (Wildman–Crippen MR) is 67.0 cm³/mol. The molecule has 0 saturated heterocycles. The molecule has 1 aromatic rings. The minimum atomic E-state index is -0.500. The largest absolute Gasteiger partial charge is 0.444 e. The monoisotopic (exact) mass is 237 g/mol. The van der Waals surface area contributed by atoms with Crippen LogP contribution in [0.5, 0.6) is 0 Å². The Balaban J connectivity index is 2.71. The summed E-state index contributed by atoms with van der Waals surface area (Å²) in [5.74, 6) is 0. The number of amides is 1. The smallest absolute Gasteiger partial charge is 0.412 e. The third-order valence-electron chi connectivity index (χ3n) is 1.95. The highest BCUT2D eigenvalue weighted by Crippen LogP contribution is 2.17. The number of benzene rings is 1. The van der Waals surface area contributed by atoms with E-state index in [4.69, 9.17) is 9.47 Å². The van der Waals surface area contributed by atoms with Gasteiger partial charge in [-0.2, -0.15) is 0 Å². The van der Waals surface area contributed by atoms with Gasteiger partial charge < -0.3 is 9.47 Å². The molecule has 4 heteroatoms. The normalized spacial score (nSPS) is 11.1. The summed E-state index contributed by atoms with van der Waals surface area (Å²) in [6.07, 6.45) is -0.457. The number of anilines is 1. The first-order chi connectivity index (χ1) is 7.92. The van der Waals surface area contributed by atoms with E-state index in [2.05, 4.69) is 5.32 Å². The van der Waals surface area contributed by atoms with E-state index >= 15 is 0 Å². The van der Waals surface area contributed by atoms with Crippen LogP contribution in [0.4, 0.5) is 10.5 Å². The molecular formula is C13H19NO3. The van der Waals surface area contributed by atoms with Crippen LogP contribution in [-0.4, -0.2) is 18.8 Å². The Morgan fingerprint density at radius 3 is 2.53 bits per heavy atom. The zero-order chi connectivity index (χ0) is 12.9. The molecule has 1 rings (SSSR count). The van der Waals surface area contributed by atoms with Gasteiger partial charge in [0.1, 0.15) is 5.60 Å². The summed E-state index contributed by atoms with van der Waals surface area (Å²) in [6, 6.07) is 7.47. The first kappa shape index (κ1) is 13.5. The van der Waals surface area contributed by atoms with E-state index in [1.807, 2.05) is 45.0 Å². The summed E-state index contributed by atoms with van der Waals surface area (Å²) < 4.78 is 10.2. The van der Waals surface area contributed by atoms with Crippen LogP contribution in [0.15, 0.2) is 24.3 Å². The molecule has 0 fully saturated rings. The molecule has 0 aliphatic heterocycles. The highest BCUT2D eigenvalue weighted by atomic mass is 16.6. The molecule has 4 nitrogen and oxygen atoms in total. The Hall–Kier alpha value is -1.55. The number of methoxy groups -OCH3 is 1. The number of rotatable bonds is 3. The molecule has 0 spiro atoms. The van der Waals surface area contributed by atoms with Crippen molar-refractivity contribution in [3.05, 3.63) is 29.8 Å². The van der Waals surface area contributed by atoms with Crippen molar-refractivity contribution >= 4 is 11.8 Å². The molecule has 0 saturated carbocycles. The van der Waals surface area contributed by atoms with E-state index in [1.54, 1.807) is 7.11 Å². The van der Waals surface area contributed by atoms with Crippen LogP contribution in [0.1, 0.15) is 26.3 Å². The fourth-order valence-electron chi connectivity index (χ4n) is 1.34. The first-order valence-corrected chi connectivity index (χ1v) is 5.49. The van der Waals surface area contributed by atoms with Crippen LogP contribution >= 0.6 is 0 Å². The van der Waals surface area contributed by atoms with E-state index in [-0.39, 0.29) is 0 Å². The fourth-order valence-corrected chi connectivity index (χ4v) is 1.34. The molecule has 0 aromatic heterocycles. The fraction of sp³-hybridized carbons (Fsp3) is 0.462. The minimum Gasteiger partial charge on any atom is -0.444 e. The van der Waals surface area contributed by atoms with Gasteiger partial charge in [0.2, 0.25) is 0 Å². The molecule has 1 amide bonds. The maximum Gasteiger partial charge on any atom is 0.412 e. The SMILES string of the molecule is COCc1ccccc1NC(=O)OC(C)(C)C. The third kappa shape index (κ3) is 4.87. The van der Waals surface area contributed by atoms with Gasteiger partial charge in [0.05, 0.1) is 6.61 Å². The van der Waals surface area contributed by atoms with Crippen LogP contribution < -0.4 is 5.32 Å². The van der Waals surface area contributed by atoms with E-state index in [0.29, 0.717) is 12.3 Å². The summed E-state index contributed by atoms with van der Waals surface area (Å²) in [4.78, 5) is 11.6. The maximum atomic E-state index is 11.6. The highest BCUT2D eigenvalue weighted by Gasteiger charge is 2.16. The van der Waals surface area contributed by atoms with Gasteiger partial charge in [-0.05, 0) is 26.8 Å². The Bertz CT molecular complexity index is 382. The lowest BCUT2D eigenvalue weighted by molar-refractivity contribution is 0.0635. The molecule has 0 atom stereocenters. The number of ether oxygens (including phenoxy) is 2. The molecule has 0 heterocycles. The molecule has 94 valence electrons. The molecule has 0 radical (unpaired) electrons. The molecule has 17 heavy (non-hydrogen) atoms. The van der Waals surface area contributed by atoms with Crippen LogP contribution in [0.2, 0.25) is 0 Å². The van der Waals surface area contributed by atoms with E-state index in [9.17, 15) is 4.79 Å². The number of carbonyl (C=O) groups is 1. The predicted octanol–water partition coefficient (Wildman–Crippen LogP) is 3.18. The summed E-state index contributed by atoms with van der Waals surface area (Å²) >= 11 is 0. The van der Waals surface area contributed by atoms with Crippen molar-refractivity contribution in [1.29, 1.82) is 0 Å². The van der Waals surface area contributed by atoms with Gasteiger partial charge >= 0.3 is 6.09 Å². The second-order valence-electron chi connectivity index (χ2n) is 4.72. The number of para-hydroxylation sites is 1. The van der Waals surface area contributed by atoms with Crippen molar-refractivity contribution in [3.63, 3.8) is 0 Å². The number of nitrogens with one attached hydrogen (secondary N) is 1. The quantitative estimate of drug-likeness (QED) is 0.878. The molecule has 1 N–H and O–H groups in total. The molecule has 0 unspecified atom stereocenters. The van der Waals surface area contributed by atoms with Crippen LogP contribution in [0.25, 0.3) is 0 Å². The number of hydrogen-bond donors (Lipinski definition) is 1. The highest BCUT2D eigenvalue weighted by molar-refractivity contribution is 5.85. The first-order valence-electron chi connectivity index (χ1n) is 5.49. The lowest BCUT2D eigenvalue weighted by atomic mass is 10.2. The second kappa shape index (κ2) is 5.68. The van der Waals surface area contributed by atoms with Gasteiger partial charge in [-0.15, -0.1) is 0 Å². The van der Waals surface area contributed by atoms with E-state index < -0.39 is 11.7 Å². The lowest BCUT2D eigenvalue weighted by Crippen LogP contribution is -2.27. The van der Waals surface area contributed by atoms with Gasteiger partial charge in [-0.3, -0.25) is 5.32 Å². The Kier molecular flexibility index (Phi) is 4.52. The molecule has 0 bridgehead atoms. The number of hydrogen-bond acceptors (Lipinski definition) is 3. The summed E-state index contributed by atoms with van der Waals surface area (Å²) in [5.41, 5.74) is 1.13. The van der Waals surface area contributed by atoms with Crippen LogP contribution in [0.3, 0.4) is 0 Å². The molecule has 1 aromatic carbocycles. The standard InChI is InChI=1S/C13H19NO3/c1-13(2,3)17-12(15)14-11-8-6-5-7-10(11)9-16-4/h5-8H,9H2,1-4H3,(H,14,15). The van der Waals surface area contributed by atoms with E-state index in [1.165, 1.54) is 0 Å². The Morgan fingerprint density at radius 1 is 1.29 bits per heavy atom. The minimum absolute atomic E-state index is 0.450. The summed E-state index contributed by atoms with van der Waals surface area (Å²) in [7, 11) is 1.62. The zero-order valence-corrected chi connectivity index (χ0v) is 10.7. The average Bonchev–Trinajstić information content (AvgIpc) is 2.18. The third-order valence-corrected chi connectivity index (χ3v) is 1.95. The summed E-state index contributed by atoms with van der Waals surface area (Å²) in [5, 5.41) is 2.71. The summed E-state index contributed by atoms with van der Waals surface area (Å²) in [6.45, 7) is 5.93. The van der Waals surface area contributed by atoms with Gasteiger partial charge in [-0.1, -0.05) is 18.2 Å². The second-order valence-corrected chi connectivity index (χ2v) is 4.72. The van der Waals surface area contributed by atoms with Gasteiger partial charge in [0.25, 0.3) is 0 Å². The van der Waals surface area contributed by atoms with Crippen molar-refractivity contribution in [2.75, 3.05) is 12.4 Å². The molecule has 0 aliphatic rings. The van der Waals surface area contributed by atoms with Crippen molar-refractivity contribution in [2.24, 2.45) is 0 Å². The lowest BCUT2D eigenvalue weighted by Gasteiger charge is -2.20. The topological polar surface area (TPSA) is 47.6 Å². The van der Waals surface area contributed by atoms with Crippen LogP contribution in [-0.2, 0) is 16.1 Å². The van der Waals surface area contributed by atoms with Gasteiger partial charge in [-0.25, -0.2) is 4.79 Å². The van der Waals surface area contributed by atoms with Crippen molar-refractivity contribution in [3.8, 4) is 0 Å². The van der Waals surface area contributed by atoms with Crippen LogP contribution in [0, 0.1) is 0 Å². The van der Waals surface area contributed by atoms with Gasteiger partial charge in [0.15, 0.2) is 0 Å². The Morgan fingerprint density at radius 2 is 1.94 bits per heavy atom.